The Hall–Kier alpha value is -1.52. The number of nitrogens with zero attached hydrogens (tertiary/aromatic N) is 1. The Morgan fingerprint density at radius 3 is 2.76 bits per heavy atom. The van der Waals surface area contributed by atoms with Crippen molar-refractivity contribution in [2.75, 3.05) is 5.75 Å². The highest BCUT2D eigenvalue weighted by atomic mass is 79.9. The number of thioether (sulfide) groups is 1. The molecule has 1 unspecified atom stereocenters. The second-order valence-electron chi connectivity index (χ2n) is 6.53. The average molecular weight is 426 g/mol. The molecule has 0 fully saturated rings. The summed E-state index contributed by atoms with van der Waals surface area (Å²) in [4.78, 5) is 23.3. The van der Waals surface area contributed by atoms with E-state index >= 15 is 0 Å². The number of rotatable bonds is 4. The van der Waals surface area contributed by atoms with Crippen molar-refractivity contribution >= 4 is 38.8 Å². The number of halogens is 1. The normalized spacial score (nSPS) is 22.1. The van der Waals surface area contributed by atoms with Crippen molar-refractivity contribution in [3.8, 4) is 11.8 Å². The van der Waals surface area contributed by atoms with E-state index in [1.807, 2.05) is 13.8 Å². The van der Waals surface area contributed by atoms with E-state index in [1.165, 1.54) is 6.92 Å². The SMILES string of the molecule is CC(=O)SCC(C)C(=O)O[C@H]1c2cc(C#N)ccc2OC(C)(C)[C@@H]1Br. The Balaban J connectivity index is 2.27. The molecule has 0 amide bonds. The fraction of sp³-hybridized carbons (Fsp3) is 0.500. The number of fused-ring (bicyclic) bond motifs is 1. The molecule has 3 atom stereocenters. The predicted molar refractivity (Wildman–Crippen MR) is 99.7 cm³/mol. The van der Waals surface area contributed by atoms with Gasteiger partial charge in [0.05, 0.1) is 22.4 Å². The molecule has 25 heavy (non-hydrogen) atoms. The number of alkyl halides is 1. The molecule has 1 aromatic carbocycles. The van der Waals surface area contributed by atoms with E-state index in [9.17, 15) is 9.59 Å². The van der Waals surface area contributed by atoms with Crippen LogP contribution in [-0.2, 0) is 14.3 Å². The zero-order chi connectivity index (χ0) is 18.8. The van der Waals surface area contributed by atoms with Crippen molar-refractivity contribution in [1.29, 1.82) is 5.26 Å². The van der Waals surface area contributed by atoms with E-state index in [0.717, 1.165) is 11.8 Å². The van der Waals surface area contributed by atoms with E-state index < -0.39 is 17.6 Å². The van der Waals surface area contributed by atoms with Crippen LogP contribution in [0.25, 0.3) is 0 Å². The monoisotopic (exact) mass is 425 g/mol. The minimum Gasteiger partial charge on any atom is -0.486 e. The van der Waals surface area contributed by atoms with Crippen LogP contribution < -0.4 is 4.74 Å². The molecule has 0 bridgehead atoms. The Bertz CT molecular complexity index is 728. The molecule has 1 aliphatic rings. The third-order valence-electron chi connectivity index (χ3n) is 3.93. The molecule has 0 N–H and O–H groups in total. The van der Waals surface area contributed by atoms with E-state index in [2.05, 4.69) is 22.0 Å². The first-order valence-electron chi connectivity index (χ1n) is 7.86. The molecule has 0 saturated carbocycles. The fourth-order valence-electron chi connectivity index (χ4n) is 2.47. The van der Waals surface area contributed by atoms with Crippen molar-refractivity contribution in [3.63, 3.8) is 0 Å². The molecule has 0 radical (unpaired) electrons. The van der Waals surface area contributed by atoms with Gasteiger partial charge >= 0.3 is 5.97 Å². The molecule has 0 aromatic heterocycles. The lowest BCUT2D eigenvalue weighted by Crippen LogP contribution is -2.47. The lowest BCUT2D eigenvalue weighted by atomic mass is 9.90. The quantitative estimate of drug-likeness (QED) is 0.535. The highest BCUT2D eigenvalue weighted by molar-refractivity contribution is 9.09. The van der Waals surface area contributed by atoms with E-state index in [0.29, 0.717) is 22.6 Å². The first-order chi connectivity index (χ1) is 11.7. The third-order valence-corrected chi connectivity index (χ3v) is 6.59. The van der Waals surface area contributed by atoms with Gasteiger partial charge in [0, 0.05) is 18.2 Å². The van der Waals surface area contributed by atoms with Crippen molar-refractivity contribution in [2.45, 2.75) is 44.2 Å². The van der Waals surface area contributed by atoms with E-state index in [1.54, 1.807) is 25.1 Å². The number of hydrogen-bond acceptors (Lipinski definition) is 6. The number of carbonyl (C=O) groups is 2. The maximum absolute atomic E-state index is 12.5. The summed E-state index contributed by atoms with van der Waals surface area (Å²) in [6, 6.07) is 7.18. The number of benzene rings is 1. The van der Waals surface area contributed by atoms with Crippen LogP contribution in [-0.4, -0.2) is 27.3 Å². The lowest BCUT2D eigenvalue weighted by Gasteiger charge is -2.41. The fourth-order valence-corrected chi connectivity index (χ4v) is 3.58. The van der Waals surface area contributed by atoms with Crippen molar-refractivity contribution in [3.05, 3.63) is 29.3 Å². The molecular formula is C18H20BrNO4S. The van der Waals surface area contributed by atoms with Crippen LogP contribution >= 0.6 is 27.7 Å². The summed E-state index contributed by atoms with van der Waals surface area (Å²) in [5.74, 6) is 0.179. The third kappa shape index (κ3) is 4.56. The molecule has 0 saturated heterocycles. The van der Waals surface area contributed by atoms with Crippen molar-refractivity contribution in [2.24, 2.45) is 5.92 Å². The minimum atomic E-state index is -0.594. The average Bonchev–Trinajstić information content (AvgIpc) is 2.55. The van der Waals surface area contributed by atoms with Gasteiger partial charge in [0.1, 0.15) is 17.5 Å². The van der Waals surface area contributed by atoms with Gasteiger partial charge in [0.25, 0.3) is 0 Å². The van der Waals surface area contributed by atoms with Gasteiger partial charge in [-0.3, -0.25) is 9.59 Å². The number of hydrogen-bond donors (Lipinski definition) is 0. The predicted octanol–water partition coefficient (Wildman–Crippen LogP) is 3.99. The number of esters is 1. The van der Waals surface area contributed by atoms with Crippen molar-refractivity contribution in [1.82, 2.24) is 0 Å². The zero-order valence-corrected chi connectivity index (χ0v) is 16.9. The Labute approximate surface area is 160 Å². The summed E-state index contributed by atoms with van der Waals surface area (Å²) < 4.78 is 11.7. The van der Waals surface area contributed by atoms with Gasteiger partial charge in [-0.1, -0.05) is 34.6 Å². The van der Waals surface area contributed by atoms with Crippen LogP contribution in [0.3, 0.4) is 0 Å². The molecule has 7 heteroatoms. The van der Waals surface area contributed by atoms with Gasteiger partial charge in [-0.05, 0) is 32.0 Å². The van der Waals surface area contributed by atoms with Crippen LogP contribution in [0.4, 0.5) is 0 Å². The second kappa shape index (κ2) is 7.79. The van der Waals surface area contributed by atoms with Gasteiger partial charge < -0.3 is 9.47 Å². The van der Waals surface area contributed by atoms with Crippen LogP contribution in [0.15, 0.2) is 18.2 Å². The standard InChI is InChI=1S/C18H20BrNO4S/c1-10(9-25-11(2)21)17(22)23-15-13-7-12(8-20)5-6-14(13)24-18(3,4)16(15)19/h5-7,10,15-16H,9H2,1-4H3/t10?,15-,16+/m0/s1. The Kier molecular flexibility index (Phi) is 6.17. The molecule has 2 rings (SSSR count). The van der Waals surface area contributed by atoms with E-state index in [4.69, 9.17) is 14.7 Å². The highest BCUT2D eigenvalue weighted by Crippen LogP contribution is 2.45. The molecule has 0 spiro atoms. The molecule has 1 aromatic rings. The highest BCUT2D eigenvalue weighted by Gasteiger charge is 2.45. The maximum Gasteiger partial charge on any atom is 0.310 e. The van der Waals surface area contributed by atoms with Gasteiger partial charge in [-0.15, -0.1) is 0 Å². The van der Waals surface area contributed by atoms with Gasteiger partial charge in [0.15, 0.2) is 5.12 Å². The molecule has 0 aliphatic carbocycles. The van der Waals surface area contributed by atoms with E-state index in [-0.39, 0.29) is 15.9 Å². The van der Waals surface area contributed by atoms with Gasteiger partial charge in [-0.25, -0.2) is 0 Å². The molecule has 1 heterocycles. The minimum absolute atomic E-state index is 0.0331. The van der Waals surface area contributed by atoms with Crippen LogP contribution in [0, 0.1) is 17.2 Å². The topological polar surface area (TPSA) is 76.4 Å². The smallest absolute Gasteiger partial charge is 0.310 e. The summed E-state index contributed by atoms with van der Waals surface area (Å²) in [5, 5.41) is 9.11. The Morgan fingerprint density at radius 2 is 2.16 bits per heavy atom. The maximum atomic E-state index is 12.5. The summed E-state index contributed by atoms with van der Waals surface area (Å²) in [6.07, 6.45) is -0.579. The number of carbonyl (C=O) groups excluding carboxylic acids is 2. The summed E-state index contributed by atoms with van der Waals surface area (Å²) in [6.45, 7) is 7.02. The first-order valence-corrected chi connectivity index (χ1v) is 9.77. The summed E-state index contributed by atoms with van der Waals surface area (Å²) in [7, 11) is 0. The van der Waals surface area contributed by atoms with Crippen molar-refractivity contribution < 1.29 is 19.1 Å². The van der Waals surface area contributed by atoms with Gasteiger partial charge in [0.2, 0.25) is 0 Å². The molecule has 134 valence electrons. The summed E-state index contributed by atoms with van der Waals surface area (Å²) >= 11 is 4.69. The molecule has 5 nitrogen and oxygen atoms in total. The zero-order valence-electron chi connectivity index (χ0n) is 14.5. The van der Waals surface area contributed by atoms with Crippen LogP contribution in [0.5, 0.6) is 5.75 Å². The van der Waals surface area contributed by atoms with Crippen LogP contribution in [0.1, 0.15) is 44.9 Å². The lowest BCUT2D eigenvalue weighted by molar-refractivity contribution is -0.156. The Morgan fingerprint density at radius 1 is 1.48 bits per heavy atom. The second-order valence-corrected chi connectivity index (χ2v) is 8.72. The number of nitriles is 1. The summed E-state index contributed by atoms with van der Waals surface area (Å²) in [5.41, 5.74) is 0.548. The van der Waals surface area contributed by atoms with Gasteiger partial charge in [-0.2, -0.15) is 5.26 Å². The molecule has 1 aliphatic heterocycles. The number of ether oxygens (including phenoxy) is 2. The largest absolute Gasteiger partial charge is 0.486 e. The molecular weight excluding hydrogens is 406 g/mol. The first kappa shape index (κ1) is 19.8. The van der Waals surface area contributed by atoms with Crippen LogP contribution in [0.2, 0.25) is 0 Å².